The zero-order valence-electron chi connectivity index (χ0n) is 9.20. The van der Waals surface area contributed by atoms with Crippen LogP contribution in [0.2, 0.25) is 5.02 Å². The Bertz CT molecular complexity index is 515. The van der Waals surface area contributed by atoms with Gasteiger partial charge in [0.25, 0.3) is 0 Å². The molecular weight excluding hydrogens is 305 g/mol. The Morgan fingerprint density at radius 1 is 1.41 bits per heavy atom. The predicted molar refractivity (Wildman–Crippen MR) is 69.8 cm³/mol. The molecule has 4 nitrogen and oxygen atoms in total. The van der Waals surface area contributed by atoms with Crippen molar-refractivity contribution in [1.29, 1.82) is 0 Å². The molecule has 0 amide bonds. The molecule has 0 bridgehead atoms. The van der Waals surface area contributed by atoms with Crippen molar-refractivity contribution < 1.29 is 4.42 Å². The van der Waals surface area contributed by atoms with Gasteiger partial charge in [-0.3, -0.25) is 0 Å². The average Bonchev–Trinajstić information content (AvgIpc) is 2.79. The lowest BCUT2D eigenvalue weighted by Crippen LogP contribution is -2.11. The molecule has 0 aliphatic rings. The van der Waals surface area contributed by atoms with Crippen molar-refractivity contribution in [1.82, 2.24) is 15.5 Å². The van der Waals surface area contributed by atoms with E-state index in [9.17, 15) is 0 Å². The highest BCUT2D eigenvalue weighted by molar-refractivity contribution is 9.10. The molecular formula is C11H11BrClN3O. The lowest BCUT2D eigenvalue weighted by atomic mass is 10.2. The van der Waals surface area contributed by atoms with Crippen LogP contribution < -0.4 is 5.32 Å². The van der Waals surface area contributed by atoms with Gasteiger partial charge in [0.15, 0.2) is 0 Å². The lowest BCUT2D eigenvalue weighted by molar-refractivity contribution is 0.482. The first-order valence-corrected chi connectivity index (χ1v) is 6.36. The van der Waals surface area contributed by atoms with Crippen molar-refractivity contribution >= 4 is 27.5 Å². The van der Waals surface area contributed by atoms with Crippen LogP contribution in [0.15, 0.2) is 27.1 Å². The number of aromatic nitrogens is 2. The minimum Gasteiger partial charge on any atom is -0.419 e. The molecule has 17 heavy (non-hydrogen) atoms. The van der Waals surface area contributed by atoms with E-state index < -0.39 is 0 Å². The van der Waals surface area contributed by atoms with E-state index in [0.717, 1.165) is 16.6 Å². The van der Waals surface area contributed by atoms with Gasteiger partial charge in [-0.15, -0.1) is 10.2 Å². The Morgan fingerprint density at radius 3 is 2.94 bits per heavy atom. The summed E-state index contributed by atoms with van der Waals surface area (Å²) in [5.74, 6) is 1.05. The molecule has 0 fully saturated rings. The van der Waals surface area contributed by atoms with Crippen LogP contribution in [0.3, 0.4) is 0 Å². The maximum atomic E-state index is 6.01. The molecule has 0 saturated carbocycles. The van der Waals surface area contributed by atoms with Gasteiger partial charge in [-0.2, -0.15) is 0 Å². The molecule has 1 N–H and O–H groups in total. The van der Waals surface area contributed by atoms with Gasteiger partial charge in [0.1, 0.15) is 0 Å². The standard InChI is InChI=1S/C11H11BrClN3O/c1-2-14-6-10-15-16-11(17-10)7-3-4-8(12)9(13)5-7/h3-5,14H,2,6H2,1H3. The Kier molecular flexibility index (Phi) is 4.15. The molecule has 1 aromatic heterocycles. The molecule has 0 atom stereocenters. The molecule has 0 spiro atoms. The molecule has 2 aromatic rings. The molecule has 0 aliphatic heterocycles. The molecule has 0 aliphatic carbocycles. The first-order valence-electron chi connectivity index (χ1n) is 5.19. The van der Waals surface area contributed by atoms with Gasteiger partial charge in [0, 0.05) is 10.0 Å². The van der Waals surface area contributed by atoms with Gasteiger partial charge in [0.2, 0.25) is 11.8 Å². The monoisotopic (exact) mass is 315 g/mol. The summed E-state index contributed by atoms with van der Waals surface area (Å²) in [4.78, 5) is 0. The topological polar surface area (TPSA) is 51.0 Å². The van der Waals surface area contributed by atoms with Gasteiger partial charge < -0.3 is 9.73 Å². The predicted octanol–water partition coefficient (Wildman–Crippen LogP) is 3.26. The lowest BCUT2D eigenvalue weighted by Gasteiger charge is -1.98. The van der Waals surface area contributed by atoms with Crippen LogP contribution in [0.5, 0.6) is 0 Å². The summed E-state index contributed by atoms with van der Waals surface area (Å²) in [5, 5.41) is 11.7. The summed E-state index contributed by atoms with van der Waals surface area (Å²) < 4.78 is 6.35. The van der Waals surface area contributed by atoms with Crippen molar-refractivity contribution in [2.75, 3.05) is 6.54 Å². The third-order valence-corrected chi connectivity index (χ3v) is 3.39. The summed E-state index contributed by atoms with van der Waals surface area (Å²) in [5.41, 5.74) is 0.813. The Balaban J connectivity index is 2.21. The van der Waals surface area contributed by atoms with Crippen LogP contribution in [0.1, 0.15) is 12.8 Å². The number of halogens is 2. The highest BCUT2D eigenvalue weighted by atomic mass is 79.9. The normalized spacial score (nSPS) is 10.8. The zero-order valence-corrected chi connectivity index (χ0v) is 11.5. The summed E-state index contributed by atoms with van der Waals surface area (Å²) in [6, 6.07) is 5.52. The van der Waals surface area contributed by atoms with Crippen LogP contribution in [0.4, 0.5) is 0 Å². The molecule has 1 heterocycles. The van der Waals surface area contributed by atoms with Gasteiger partial charge in [-0.1, -0.05) is 18.5 Å². The maximum absolute atomic E-state index is 6.01. The van der Waals surface area contributed by atoms with E-state index in [4.69, 9.17) is 16.0 Å². The zero-order chi connectivity index (χ0) is 12.3. The van der Waals surface area contributed by atoms with Gasteiger partial charge >= 0.3 is 0 Å². The van der Waals surface area contributed by atoms with E-state index in [1.165, 1.54) is 0 Å². The largest absolute Gasteiger partial charge is 0.419 e. The smallest absolute Gasteiger partial charge is 0.247 e. The SMILES string of the molecule is CCNCc1nnc(-c2ccc(Br)c(Cl)c2)o1. The summed E-state index contributed by atoms with van der Waals surface area (Å²) in [6.45, 7) is 3.46. The summed E-state index contributed by atoms with van der Waals surface area (Å²) in [6.07, 6.45) is 0. The van der Waals surface area contributed by atoms with Crippen LogP contribution in [0, 0.1) is 0 Å². The fourth-order valence-corrected chi connectivity index (χ4v) is 1.73. The number of nitrogens with zero attached hydrogens (tertiary/aromatic N) is 2. The van der Waals surface area contributed by atoms with Crippen molar-refractivity contribution in [2.45, 2.75) is 13.5 Å². The number of benzene rings is 1. The van der Waals surface area contributed by atoms with E-state index in [2.05, 4.69) is 31.4 Å². The molecule has 0 radical (unpaired) electrons. The minimum absolute atomic E-state index is 0.479. The molecule has 90 valence electrons. The minimum atomic E-state index is 0.479. The third-order valence-electron chi connectivity index (χ3n) is 2.16. The fourth-order valence-electron chi connectivity index (χ4n) is 1.30. The van der Waals surface area contributed by atoms with Crippen LogP contribution >= 0.6 is 27.5 Å². The molecule has 6 heteroatoms. The molecule has 1 aromatic carbocycles. The van der Waals surface area contributed by atoms with Crippen molar-refractivity contribution in [2.24, 2.45) is 0 Å². The third kappa shape index (κ3) is 3.06. The van der Waals surface area contributed by atoms with E-state index in [0.29, 0.717) is 23.3 Å². The van der Waals surface area contributed by atoms with Gasteiger partial charge in [-0.05, 0) is 40.7 Å². The number of hydrogen-bond donors (Lipinski definition) is 1. The number of nitrogens with one attached hydrogen (secondary N) is 1. The van der Waals surface area contributed by atoms with Gasteiger partial charge in [0.05, 0.1) is 11.6 Å². The van der Waals surface area contributed by atoms with Crippen molar-refractivity contribution in [3.8, 4) is 11.5 Å². The Labute approximate surface area is 113 Å². The van der Waals surface area contributed by atoms with Crippen LogP contribution in [-0.2, 0) is 6.54 Å². The van der Waals surface area contributed by atoms with E-state index in [1.807, 2.05) is 19.1 Å². The first-order chi connectivity index (χ1) is 8.20. The van der Waals surface area contributed by atoms with Gasteiger partial charge in [-0.25, -0.2) is 0 Å². The molecule has 2 rings (SSSR count). The second-order valence-corrected chi connectivity index (χ2v) is 4.67. The first kappa shape index (κ1) is 12.5. The summed E-state index contributed by atoms with van der Waals surface area (Å²) in [7, 11) is 0. The van der Waals surface area contributed by atoms with E-state index in [1.54, 1.807) is 6.07 Å². The highest BCUT2D eigenvalue weighted by Crippen LogP contribution is 2.28. The fraction of sp³-hybridized carbons (Fsp3) is 0.273. The van der Waals surface area contributed by atoms with E-state index >= 15 is 0 Å². The number of rotatable bonds is 4. The molecule has 0 unspecified atom stereocenters. The second-order valence-electron chi connectivity index (χ2n) is 3.41. The average molecular weight is 317 g/mol. The molecule has 0 saturated heterocycles. The van der Waals surface area contributed by atoms with Crippen LogP contribution in [-0.4, -0.2) is 16.7 Å². The Hall–Kier alpha value is -0.910. The Morgan fingerprint density at radius 2 is 2.24 bits per heavy atom. The second kappa shape index (κ2) is 5.62. The highest BCUT2D eigenvalue weighted by Gasteiger charge is 2.09. The van der Waals surface area contributed by atoms with Crippen molar-refractivity contribution in [3.63, 3.8) is 0 Å². The van der Waals surface area contributed by atoms with Crippen molar-refractivity contribution in [3.05, 3.63) is 33.6 Å². The van der Waals surface area contributed by atoms with E-state index in [-0.39, 0.29) is 0 Å². The number of hydrogen-bond acceptors (Lipinski definition) is 4. The summed E-state index contributed by atoms with van der Waals surface area (Å²) >= 11 is 9.34. The quantitative estimate of drug-likeness (QED) is 0.940. The maximum Gasteiger partial charge on any atom is 0.247 e. The van der Waals surface area contributed by atoms with Crippen LogP contribution in [0.25, 0.3) is 11.5 Å².